The van der Waals surface area contributed by atoms with Gasteiger partial charge < -0.3 is 19.7 Å². The van der Waals surface area contributed by atoms with Gasteiger partial charge >= 0.3 is 5.97 Å². The Morgan fingerprint density at radius 3 is 2.36 bits per heavy atom. The molecule has 1 unspecified atom stereocenters. The highest BCUT2D eigenvalue weighted by Crippen LogP contribution is 2.38. The number of carbonyl (C=O) groups is 1. The maximum absolute atomic E-state index is 12.2. The summed E-state index contributed by atoms with van der Waals surface area (Å²) in [5.41, 5.74) is 0.106. The van der Waals surface area contributed by atoms with Gasteiger partial charge in [-0.15, -0.1) is 0 Å². The van der Waals surface area contributed by atoms with Crippen molar-refractivity contribution in [1.29, 1.82) is 0 Å². The summed E-state index contributed by atoms with van der Waals surface area (Å²) in [6.45, 7) is 8.69. The number of phenols is 1. The predicted octanol–water partition coefficient (Wildman–Crippen LogP) is 3.79. The van der Waals surface area contributed by atoms with Gasteiger partial charge in [0.2, 0.25) is 0 Å². The number of halogens is 2. The number of rotatable bonds is 6. The molecule has 1 heterocycles. The minimum Gasteiger partial charge on any atom is -0.506 e. The highest BCUT2D eigenvalue weighted by atomic mass is 127. The third-order valence-electron chi connectivity index (χ3n) is 5.45. The molecule has 1 fully saturated rings. The number of nitrogens with zero attached hydrogens (tertiary/aromatic N) is 1. The summed E-state index contributed by atoms with van der Waals surface area (Å²) in [4.78, 5) is 14.6. The molecule has 6 nitrogen and oxygen atoms in total. The number of phenolic OH excluding ortho intramolecular Hbond substituents is 1. The van der Waals surface area contributed by atoms with Gasteiger partial charge in [-0.3, -0.25) is 4.90 Å². The summed E-state index contributed by atoms with van der Waals surface area (Å²) in [7, 11) is 2.13. The van der Waals surface area contributed by atoms with Gasteiger partial charge in [-0.05, 0) is 105 Å². The number of aliphatic hydroxyl groups is 1. The van der Waals surface area contributed by atoms with E-state index in [2.05, 4.69) is 62.2 Å². The van der Waals surface area contributed by atoms with Gasteiger partial charge in [-0.25, -0.2) is 4.79 Å². The summed E-state index contributed by atoms with van der Waals surface area (Å²) in [6.07, 6.45) is 0.856. The first-order valence-electron chi connectivity index (χ1n) is 9.22. The van der Waals surface area contributed by atoms with Crippen LogP contribution in [-0.4, -0.2) is 64.6 Å². The number of hydrogen-bond donors (Lipinski definition) is 2. The first-order chi connectivity index (χ1) is 12.8. The molecule has 2 rings (SSSR count). The number of likely N-dealkylation sites (tertiary alicyclic amines) is 1. The first kappa shape index (κ1) is 24.1. The molecule has 0 bridgehead atoms. The first-order valence-corrected chi connectivity index (χ1v) is 11.4. The molecule has 0 spiro atoms. The van der Waals surface area contributed by atoms with Crippen LogP contribution in [0.4, 0.5) is 0 Å². The quantitative estimate of drug-likeness (QED) is 0.374. The Bertz CT molecular complexity index is 705. The van der Waals surface area contributed by atoms with Crippen molar-refractivity contribution in [2.75, 3.05) is 20.3 Å². The molecular formula is C20H29I2NO5. The van der Waals surface area contributed by atoms with Crippen LogP contribution in [0.2, 0.25) is 0 Å². The molecule has 1 saturated heterocycles. The summed E-state index contributed by atoms with van der Waals surface area (Å²) < 4.78 is 12.5. The molecule has 0 aliphatic carbocycles. The highest BCUT2D eigenvalue weighted by molar-refractivity contribution is 14.1. The van der Waals surface area contributed by atoms with Gasteiger partial charge in [0.15, 0.2) is 0 Å². The number of carbonyl (C=O) groups excluding carboxylic acids is 1. The molecule has 0 saturated carbocycles. The fourth-order valence-corrected chi connectivity index (χ4v) is 5.51. The predicted molar refractivity (Wildman–Crippen MR) is 125 cm³/mol. The van der Waals surface area contributed by atoms with Gasteiger partial charge in [-0.1, -0.05) is 0 Å². The fourth-order valence-electron chi connectivity index (χ4n) is 3.66. The topological polar surface area (TPSA) is 79.2 Å². The van der Waals surface area contributed by atoms with Gasteiger partial charge in [0, 0.05) is 14.6 Å². The van der Waals surface area contributed by atoms with E-state index in [1.807, 2.05) is 22.6 Å². The van der Waals surface area contributed by atoms with Crippen molar-refractivity contribution in [3.63, 3.8) is 0 Å². The van der Waals surface area contributed by atoms with Crippen LogP contribution >= 0.6 is 45.2 Å². The van der Waals surface area contributed by atoms with E-state index in [-0.39, 0.29) is 41.7 Å². The largest absolute Gasteiger partial charge is 0.506 e. The van der Waals surface area contributed by atoms with Gasteiger partial charge in [0.05, 0.1) is 16.3 Å². The molecule has 0 radical (unpaired) electrons. The molecule has 1 atom stereocenters. The van der Waals surface area contributed by atoms with Crippen molar-refractivity contribution in [2.45, 2.75) is 63.8 Å². The van der Waals surface area contributed by atoms with Crippen LogP contribution in [-0.2, 0) is 9.47 Å². The molecule has 8 heteroatoms. The van der Waals surface area contributed by atoms with E-state index in [0.29, 0.717) is 3.57 Å². The number of aromatic hydroxyl groups is 1. The lowest BCUT2D eigenvalue weighted by molar-refractivity contribution is -0.110. The molecule has 0 aromatic heterocycles. The van der Waals surface area contributed by atoms with Crippen LogP contribution in [0.25, 0.3) is 0 Å². The van der Waals surface area contributed by atoms with E-state index in [1.54, 1.807) is 12.1 Å². The Morgan fingerprint density at radius 2 is 1.79 bits per heavy atom. The molecule has 28 heavy (non-hydrogen) atoms. The van der Waals surface area contributed by atoms with Crippen molar-refractivity contribution in [3.05, 3.63) is 24.8 Å². The standard InChI is InChI=1S/C20H29I2NO5/c1-19(2)8-14(9-20(3,4)23(19)5)27-10-13(24)11-28-18(26)15-6-12(21)7-16(22)17(15)25/h6-7,13-14,24-25H,8-11H2,1-5H3. The number of esters is 1. The van der Waals surface area contributed by atoms with Crippen LogP contribution in [0.3, 0.4) is 0 Å². The van der Waals surface area contributed by atoms with Crippen LogP contribution in [0.1, 0.15) is 50.9 Å². The Balaban J connectivity index is 1.86. The maximum atomic E-state index is 12.2. The van der Waals surface area contributed by atoms with Gasteiger partial charge in [-0.2, -0.15) is 0 Å². The number of benzene rings is 1. The molecular weight excluding hydrogens is 588 g/mol. The zero-order valence-corrected chi connectivity index (χ0v) is 21.3. The van der Waals surface area contributed by atoms with E-state index in [9.17, 15) is 15.0 Å². The second-order valence-corrected chi connectivity index (χ2v) is 11.0. The summed E-state index contributed by atoms with van der Waals surface area (Å²) in [5.74, 6) is -0.762. The third kappa shape index (κ3) is 5.93. The second kappa shape index (κ2) is 9.32. The Labute approximate surface area is 194 Å². The van der Waals surface area contributed by atoms with Crippen LogP contribution in [0, 0.1) is 7.14 Å². The monoisotopic (exact) mass is 617 g/mol. The number of piperidine rings is 1. The van der Waals surface area contributed by atoms with Crippen molar-refractivity contribution in [1.82, 2.24) is 4.90 Å². The van der Waals surface area contributed by atoms with Crippen LogP contribution in [0.15, 0.2) is 12.1 Å². The summed E-state index contributed by atoms with van der Waals surface area (Å²) in [6, 6.07) is 3.33. The fraction of sp³-hybridized carbons (Fsp3) is 0.650. The molecule has 1 aliphatic heterocycles. The van der Waals surface area contributed by atoms with Crippen LogP contribution < -0.4 is 0 Å². The van der Waals surface area contributed by atoms with Crippen LogP contribution in [0.5, 0.6) is 5.75 Å². The molecule has 158 valence electrons. The van der Waals surface area contributed by atoms with Crippen molar-refractivity contribution >= 4 is 51.2 Å². The Hall–Kier alpha value is -0.170. The normalized spacial score (nSPS) is 20.7. The zero-order chi connectivity index (χ0) is 21.3. The molecule has 1 aromatic carbocycles. The molecule has 2 N–H and O–H groups in total. The number of aliphatic hydroxyl groups excluding tert-OH is 1. The molecule has 1 aliphatic rings. The van der Waals surface area contributed by atoms with Gasteiger partial charge in [0.25, 0.3) is 0 Å². The lowest BCUT2D eigenvalue weighted by Gasteiger charge is -2.53. The Morgan fingerprint density at radius 1 is 1.21 bits per heavy atom. The number of hydrogen-bond acceptors (Lipinski definition) is 6. The number of ether oxygens (including phenoxy) is 2. The molecule has 1 aromatic rings. The second-order valence-electron chi connectivity index (χ2n) is 8.58. The van der Waals surface area contributed by atoms with E-state index >= 15 is 0 Å². The summed E-state index contributed by atoms with van der Waals surface area (Å²) >= 11 is 4.03. The van der Waals surface area contributed by atoms with Gasteiger partial charge in [0.1, 0.15) is 24.0 Å². The Kier molecular flexibility index (Phi) is 8.02. The zero-order valence-electron chi connectivity index (χ0n) is 17.0. The maximum Gasteiger partial charge on any atom is 0.342 e. The van der Waals surface area contributed by atoms with Crippen molar-refractivity contribution < 1.29 is 24.5 Å². The molecule has 0 amide bonds. The average Bonchev–Trinajstić information content (AvgIpc) is 2.58. The lowest BCUT2D eigenvalue weighted by Crippen LogP contribution is -2.60. The third-order valence-corrected chi connectivity index (χ3v) is 6.89. The lowest BCUT2D eigenvalue weighted by atomic mass is 9.79. The summed E-state index contributed by atoms with van der Waals surface area (Å²) in [5, 5.41) is 20.2. The van der Waals surface area contributed by atoms with E-state index in [1.165, 1.54) is 0 Å². The highest BCUT2D eigenvalue weighted by Gasteiger charge is 2.43. The minimum absolute atomic E-state index is 0.00294. The SMILES string of the molecule is CN1C(C)(C)CC(OCC(O)COC(=O)c2cc(I)cc(I)c2O)CC1(C)C. The van der Waals surface area contributed by atoms with E-state index < -0.39 is 12.1 Å². The minimum atomic E-state index is -0.918. The van der Waals surface area contributed by atoms with E-state index in [4.69, 9.17) is 9.47 Å². The average molecular weight is 617 g/mol. The smallest absolute Gasteiger partial charge is 0.342 e. The van der Waals surface area contributed by atoms with Crippen molar-refractivity contribution in [3.8, 4) is 5.75 Å². The van der Waals surface area contributed by atoms with Crippen molar-refractivity contribution in [2.24, 2.45) is 0 Å². The van der Waals surface area contributed by atoms with E-state index in [0.717, 1.165) is 16.4 Å².